The Hall–Kier alpha value is -2.37. The summed E-state index contributed by atoms with van der Waals surface area (Å²) in [7, 11) is 0. The maximum atomic E-state index is 12.8. The number of rotatable bonds is 4. The lowest BCUT2D eigenvalue weighted by Crippen LogP contribution is -2.50. The molecule has 2 fully saturated rings. The molecule has 4 amide bonds. The zero-order valence-corrected chi connectivity index (χ0v) is 14.7. The molecule has 2 N–H and O–H groups in total. The van der Waals surface area contributed by atoms with Gasteiger partial charge in [-0.2, -0.15) is 0 Å². The van der Waals surface area contributed by atoms with Crippen LogP contribution in [0.2, 0.25) is 0 Å². The van der Waals surface area contributed by atoms with Crippen molar-refractivity contribution in [3.05, 3.63) is 35.9 Å². The van der Waals surface area contributed by atoms with Crippen LogP contribution in [-0.4, -0.2) is 34.8 Å². The third kappa shape index (κ3) is 3.52. The predicted molar refractivity (Wildman–Crippen MR) is 93.6 cm³/mol. The molecule has 1 aromatic carbocycles. The van der Waals surface area contributed by atoms with Crippen LogP contribution in [0.4, 0.5) is 4.79 Å². The van der Waals surface area contributed by atoms with E-state index in [1.165, 1.54) is 0 Å². The molecule has 0 aromatic heterocycles. The molecule has 1 atom stereocenters. The van der Waals surface area contributed by atoms with E-state index in [0.717, 1.165) is 23.3 Å². The Morgan fingerprint density at radius 1 is 1.28 bits per heavy atom. The summed E-state index contributed by atoms with van der Waals surface area (Å²) < 4.78 is 0. The van der Waals surface area contributed by atoms with Crippen LogP contribution >= 0.6 is 0 Å². The molecule has 1 aliphatic heterocycles. The van der Waals surface area contributed by atoms with Gasteiger partial charge < -0.3 is 10.6 Å². The molecule has 0 bridgehead atoms. The fraction of sp³-hybridized carbons (Fsp3) is 0.526. The highest BCUT2D eigenvalue weighted by Crippen LogP contribution is 2.36. The second-order valence-electron chi connectivity index (χ2n) is 7.29. The summed E-state index contributed by atoms with van der Waals surface area (Å²) in [6, 6.07) is 8.94. The first kappa shape index (κ1) is 17.5. The van der Waals surface area contributed by atoms with Crippen molar-refractivity contribution in [2.45, 2.75) is 51.1 Å². The van der Waals surface area contributed by atoms with Gasteiger partial charge >= 0.3 is 6.03 Å². The Morgan fingerprint density at radius 3 is 2.56 bits per heavy atom. The van der Waals surface area contributed by atoms with E-state index in [1.54, 1.807) is 0 Å². The molecule has 1 saturated heterocycles. The van der Waals surface area contributed by atoms with Crippen molar-refractivity contribution in [3.8, 4) is 0 Å². The minimum Gasteiger partial charge on any atom is -0.348 e. The van der Waals surface area contributed by atoms with E-state index in [9.17, 15) is 14.4 Å². The zero-order chi connectivity index (χ0) is 18.0. The molecule has 134 valence electrons. The molecule has 1 heterocycles. The quantitative estimate of drug-likeness (QED) is 0.824. The number of nitrogens with zero attached hydrogens (tertiary/aromatic N) is 1. The highest BCUT2D eigenvalue weighted by molar-refractivity contribution is 6.09. The van der Waals surface area contributed by atoms with Crippen molar-refractivity contribution in [2.75, 3.05) is 6.54 Å². The Labute approximate surface area is 148 Å². The summed E-state index contributed by atoms with van der Waals surface area (Å²) in [5.74, 6) is -0.0209. The Kier molecular flexibility index (Phi) is 4.79. The number of nitrogens with one attached hydrogen (secondary N) is 2. The third-order valence-electron chi connectivity index (χ3n) is 5.35. The molecular weight excluding hydrogens is 318 g/mol. The van der Waals surface area contributed by atoms with Crippen LogP contribution in [-0.2, 0) is 9.59 Å². The van der Waals surface area contributed by atoms with Gasteiger partial charge in [-0.15, -0.1) is 0 Å². The van der Waals surface area contributed by atoms with Crippen molar-refractivity contribution in [2.24, 2.45) is 5.92 Å². The molecule has 25 heavy (non-hydrogen) atoms. The van der Waals surface area contributed by atoms with Gasteiger partial charge in [0.05, 0.1) is 6.04 Å². The SMILES string of the molecule is CC1CCC2(CC1)NC(=O)N(CC(=O)N[C@H](C)c1ccccc1)C2=O. The maximum Gasteiger partial charge on any atom is 0.325 e. The van der Waals surface area contributed by atoms with Crippen molar-refractivity contribution in [1.82, 2.24) is 15.5 Å². The molecule has 6 heteroatoms. The molecule has 1 spiro atoms. The van der Waals surface area contributed by atoms with Gasteiger partial charge in [-0.3, -0.25) is 14.5 Å². The van der Waals surface area contributed by atoms with Gasteiger partial charge in [-0.05, 0) is 44.1 Å². The van der Waals surface area contributed by atoms with Crippen LogP contribution in [0.15, 0.2) is 30.3 Å². The average molecular weight is 343 g/mol. The van der Waals surface area contributed by atoms with E-state index in [2.05, 4.69) is 17.6 Å². The van der Waals surface area contributed by atoms with Crippen molar-refractivity contribution < 1.29 is 14.4 Å². The largest absolute Gasteiger partial charge is 0.348 e. The van der Waals surface area contributed by atoms with Crippen LogP contribution in [0.25, 0.3) is 0 Å². The van der Waals surface area contributed by atoms with E-state index in [1.807, 2.05) is 37.3 Å². The number of carbonyl (C=O) groups is 3. The monoisotopic (exact) mass is 343 g/mol. The molecular formula is C19H25N3O3. The second kappa shape index (κ2) is 6.86. The Balaban J connectivity index is 1.61. The number of urea groups is 1. The van der Waals surface area contributed by atoms with E-state index in [-0.39, 0.29) is 24.4 Å². The Bertz CT molecular complexity index is 666. The normalized spacial score (nSPS) is 27.3. The standard InChI is InChI=1S/C19H25N3O3/c1-13-8-10-19(11-9-13)17(24)22(18(25)21-19)12-16(23)20-14(2)15-6-4-3-5-7-15/h3-7,13-14H,8-12H2,1-2H3,(H,20,23)(H,21,25)/t13?,14-,19?/m1/s1. The van der Waals surface area contributed by atoms with Crippen molar-refractivity contribution >= 4 is 17.8 Å². The van der Waals surface area contributed by atoms with E-state index >= 15 is 0 Å². The van der Waals surface area contributed by atoms with Crippen molar-refractivity contribution in [1.29, 1.82) is 0 Å². The summed E-state index contributed by atoms with van der Waals surface area (Å²) in [5, 5.41) is 5.69. The highest BCUT2D eigenvalue weighted by Gasteiger charge is 2.52. The number of hydrogen-bond acceptors (Lipinski definition) is 3. The van der Waals surface area contributed by atoms with Crippen LogP contribution < -0.4 is 10.6 Å². The van der Waals surface area contributed by atoms with Gasteiger partial charge in [0.15, 0.2) is 0 Å². The molecule has 6 nitrogen and oxygen atoms in total. The number of benzene rings is 1. The van der Waals surface area contributed by atoms with Gasteiger partial charge in [-0.25, -0.2) is 4.79 Å². The summed E-state index contributed by atoms with van der Waals surface area (Å²) in [6.45, 7) is 3.80. The summed E-state index contributed by atoms with van der Waals surface area (Å²) >= 11 is 0. The number of amides is 4. The first-order valence-electron chi connectivity index (χ1n) is 8.90. The minimum atomic E-state index is -0.797. The van der Waals surface area contributed by atoms with Gasteiger partial charge in [-0.1, -0.05) is 37.3 Å². The van der Waals surface area contributed by atoms with Crippen LogP contribution in [0, 0.1) is 5.92 Å². The summed E-state index contributed by atoms with van der Waals surface area (Å²) in [4.78, 5) is 38.4. The number of hydrogen-bond donors (Lipinski definition) is 2. The fourth-order valence-corrected chi connectivity index (χ4v) is 3.67. The molecule has 2 aliphatic rings. The van der Waals surface area contributed by atoms with Crippen LogP contribution in [0.1, 0.15) is 51.1 Å². The van der Waals surface area contributed by atoms with Gasteiger partial charge in [0.1, 0.15) is 12.1 Å². The van der Waals surface area contributed by atoms with E-state index in [0.29, 0.717) is 18.8 Å². The second-order valence-corrected chi connectivity index (χ2v) is 7.29. The lowest BCUT2D eigenvalue weighted by Gasteiger charge is -2.33. The van der Waals surface area contributed by atoms with Crippen LogP contribution in [0.5, 0.6) is 0 Å². The fourth-order valence-electron chi connectivity index (χ4n) is 3.67. The van der Waals surface area contributed by atoms with Gasteiger partial charge in [0, 0.05) is 0 Å². The highest BCUT2D eigenvalue weighted by atomic mass is 16.2. The smallest absolute Gasteiger partial charge is 0.325 e. The first-order chi connectivity index (χ1) is 11.9. The molecule has 0 unspecified atom stereocenters. The minimum absolute atomic E-state index is 0.182. The number of imide groups is 1. The zero-order valence-electron chi connectivity index (χ0n) is 14.7. The molecule has 0 radical (unpaired) electrons. The lowest BCUT2D eigenvalue weighted by molar-refractivity contribution is -0.136. The van der Waals surface area contributed by atoms with Crippen LogP contribution in [0.3, 0.4) is 0 Å². The van der Waals surface area contributed by atoms with E-state index < -0.39 is 11.6 Å². The molecule has 1 saturated carbocycles. The van der Waals surface area contributed by atoms with E-state index in [4.69, 9.17) is 0 Å². The molecule has 1 aliphatic carbocycles. The predicted octanol–water partition coefficient (Wildman–Crippen LogP) is 2.36. The average Bonchev–Trinajstić information content (AvgIpc) is 2.83. The van der Waals surface area contributed by atoms with Gasteiger partial charge in [0.2, 0.25) is 5.91 Å². The maximum absolute atomic E-state index is 12.8. The third-order valence-corrected chi connectivity index (χ3v) is 5.35. The summed E-state index contributed by atoms with van der Waals surface area (Å²) in [6.07, 6.45) is 3.13. The lowest BCUT2D eigenvalue weighted by atomic mass is 9.77. The molecule has 1 aromatic rings. The topological polar surface area (TPSA) is 78.5 Å². The van der Waals surface area contributed by atoms with Gasteiger partial charge in [0.25, 0.3) is 5.91 Å². The summed E-state index contributed by atoms with van der Waals surface area (Å²) in [5.41, 5.74) is 0.181. The first-order valence-corrected chi connectivity index (χ1v) is 8.90. The number of carbonyl (C=O) groups excluding carboxylic acids is 3. The van der Waals surface area contributed by atoms with Crippen molar-refractivity contribution in [3.63, 3.8) is 0 Å². The Morgan fingerprint density at radius 2 is 1.92 bits per heavy atom. The molecule has 3 rings (SSSR count).